The first kappa shape index (κ1) is 4.76. The molecule has 0 aliphatic rings. The molecular formula is C2HN3O. The van der Waals surface area contributed by atoms with Gasteiger partial charge in [0.2, 0.25) is 0 Å². The Hall–Kier alpha value is -1.24. The largest absolute Gasteiger partial charge is 0.261 e. The Labute approximate surface area is 33.7 Å². The fourth-order valence-electron chi connectivity index (χ4n) is 0.0454. The maximum Gasteiger partial charge on any atom is 0.261 e. The van der Waals surface area contributed by atoms with E-state index in [0.29, 0.717) is 0 Å². The Bertz CT molecular complexity index is 101. The highest BCUT2D eigenvalue weighted by molar-refractivity contribution is 5.39. The monoisotopic (exact) mass is 83.0 g/mol. The van der Waals surface area contributed by atoms with Gasteiger partial charge in [0, 0.05) is 0 Å². The predicted molar refractivity (Wildman–Crippen MR) is 18.3 cm³/mol. The summed E-state index contributed by atoms with van der Waals surface area (Å²) in [5.74, 6) is 0. The third-order valence-corrected chi connectivity index (χ3v) is 0.141. The summed E-state index contributed by atoms with van der Waals surface area (Å²) in [6.45, 7) is 0. The highest BCUT2D eigenvalue weighted by Gasteiger charge is 1.46. The minimum Gasteiger partial charge on any atom is -0.240 e. The molecule has 30 valence electrons. The molecule has 6 heavy (non-hydrogen) atoms. The first-order valence-corrected chi connectivity index (χ1v) is 1.10. The van der Waals surface area contributed by atoms with Gasteiger partial charge < -0.3 is 0 Å². The van der Waals surface area contributed by atoms with Crippen molar-refractivity contribution in [3.05, 3.63) is 0 Å². The van der Waals surface area contributed by atoms with Crippen LogP contribution in [0.5, 0.6) is 0 Å². The van der Waals surface area contributed by atoms with Crippen LogP contribution < -0.4 is 0 Å². The van der Waals surface area contributed by atoms with E-state index >= 15 is 0 Å². The highest BCUT2D eigenvalue weighted by atomic mass is 16.1. The van der Waals surface area contributed by atoms with Crippen LogP contribution in [0.2, 0.25) is 0 Å². The molecule has 0 unspecified atom stereocenters. The molecule has 1 N–H and O–H groups in total. The fourth-order valence-corrected chi connectivity index (χ4v) is 0.0454. The molecule has 0 aromatic heterocycles. The van der Waals surface area contributed by atoms with Gasteiger partial charge in [0.15, 0.2) is 0 Å². The molecule has 0 saturated carbocycles. The van der Waals surface area contributed by atoms with E-state index in [2.05, 4.69) is 10.2 Å². The molecule has 0 aliphatic heterocycles. The zero-order valence-electron chi connectivity index (χ0n) is 2.80. The van der Waals surface area contributed by atoms with Crippen LogP contribution in [0.25, 0.3) is 0 Å². The summed E-state index contributed by atoms with van der Waals surface area (Å²) in [6, 6.07) is 1.51. The second-order valence-corrected chi connectivity index (χ2v) is 0.403. The second kappa shape index (κ2) is 3.76. The maximum atomic E-state index is 9.06. The van der Waals surface area contributed by atoms with Gasteiger partial charge >= 0.3 is 0 Å². The van der Waals surface area contributed by atoms with Crippen LogP contribution >= 0.6 is 0 Å². The molecule has 0 bridgehead atoms. The van der Waals surface area contributed by atoms with Gasteiger partial charge in [0.1, 0.15) is 6.01 Å². The molecule has 0 rings (SSSR count). The van der Waals surface area contributed by atoms with Crippen LogP contribution in [0.15, 0.2) is 10.2 Å². The minimum absolute atomic E-state index is 1.09. The Morgan fingerprint density at radius 1 is 1.50 bits per heavy atom. The Morgan fingerprint density at radius 3 is 2.33 bits per heavy atom. The van der Waals surface area contributed by atoms with Gasteiger partial charge in [0.05, 0.1) is 0 Å². The zero-order chi connectivity index (χ0) is 4.83. The molecular weight excluding hydrogens is 82.0 g/mol. The molecule has 0 amide bonds. The number of nitrogens with one attached hydrogen (secondary N) is 1. The van der Waals surface area contributed by atoms with Crippen molar-refractivity contribution in [1.29, 1.82) is 5.41 Å². The number of hydrogen-bond acceptors (Lipinski definition) is 4. The van der Waals surface area contributed by atoms with E-state index in [-0.39, 0.29) is 0 Å². The normalized spacial score (nSPS) is 4.67. The van der Waals surface area contributed by atoms with E-state index in [0.717, 1.165) is 6.08 Å². The van der Waals surface area contributed by atoms with E-state index in [4.69, 9.17) is 10.2 Å². The van der Waals surface area contributed by atoms with E-state index in [1.54, 1.807) is 0 Å². The lowest BCUT2D eigenvalue weighted by molar-refractivity contribution is 0.563. The maximum absolute atomic E-state index is 9.06. The van der Waals surface area contributed by atoms with Crippen molar-refractivity contribution < 1.29 is 4.79 Å². The number of carbonyl (C=O) groups excluding carboxylic acids is 1. The lowest BCUT2D eigenvalue weighted by atomic mass is 11.5. The first-order valence-electron chi connectivity index (χ1n) is 1.10. The summed E-state index contributed by atoms with van der Waals surface area (Å²) >= 11 is 0. The Kier molecular flexibility index (Phi) is 2.98. The Morgan fingerprint density at radius 2 is 2.17 bits per heavy atom. The highest BCUT2D eigenvalue weighted by Crippen LogP contribution is 1.52. The van der Waals surface area contributed by atoms with Gasteiger partial charge in [-0.1, -0.05) is 10.2 Å². The second-order valence-electron chi connectivity index (χ2n) is 0.403. The molecule has 0 atom stereocenters. The van der Waals surface area contributed by atoms with Gasteiger partial charge in [0.25, 0.3) is 6.08 Å². The summed E-state index contributed by atoms with van der Waals surface area (Å²) in [5.41, 5.74) is 0. The molecule has 0 saturated heterocycles. The van der Waals surface area contributed by atoms with Crippen LogP contribution in [0.4, 0.5) is 0 Å². The van der Waals surface area contributed by atoms with E-state index in [1.165, 1.54) is 6.01 Å². The van der Waals surface area contributed by atoms with Crippen LogP contribution in [0.1, 0.15) is 0 Å². The third kappa shape index (κ3) is 2.76. The number of nitrogens with zero attached hydrogens (tertiary/aromatic N) is 2. The van der Waals surface area contributed by atoms with Crippen molar-refractivity contribution in [2.45, 2.75) is 0 Å². The average molecular weight is 83.0 g/mol. The molecule has 0 heterocycles. The van der Waals surface area contributed by atoms with Gasteiger partial charge in [-0.3, -0.25) is 0 Å². The third-order valence-electron chi connectivity index (χ3n) is 0.141. The summed E-state index contributed by atoms with van der Waals surface area (Å²) < 4.78 is 0. The number of isocyanates is 1. The smallest absolute Gasteiger partial charge is 0.240 e. The molecule has 4 heteroatoms. The van der Waals surface area contributed by atoms with E-state index in [9.17, 15) is 0 Å². The minimum atomic E-state index is 1.09. The summed E-state index contributed by atoms with van der Waals surface area (Å²) in [7, 11) is 0. The predicted octanol–water partition coefficient (Wildman–Crippen LogP) is -0.0101. The molecule has 0 aromatic carbocycles. The van der Waals surface area contributed by atoms with Crippen LogP contribution in [0.3, 0.4) is 0 Å². The molecule has 0 fully saturated rings. The molecule has 4 nitrogen and oxygen atoms in total. The molecule has 0 aliphatic carbocycles. The average Bonchev–Trinajstić information content (AvgIpc) is 1.61. The summed E-state index contributed by atoms with van der Waals surface area (Å²) in [6.07, 6.45) is 1.09. The van der Waals surface area contributed by atoms with E-state index < -0.39 is 0 Å². The summed E-state index contributed by atoms with van der Waals surface area (Å²) in [4.78, 5) is 9.06. The standard InChI is InChI=1S/C2HN3O/c3-1-4-5-2-6/h3H. The number of rotatable bonds is 1. The SMILES string of the molecule is N=C=NN=C=O. The van der Waals surface area contributed by atoms with Crippen molar-refractivity contribution in [2.24, 2.45) is 10.2 Å². The van der Waals surface area contributed by atoms with E-state index in [1.807, 2.05) is 0 Å². The lowest BCUT2D eigenvalue weighted by Gasteiger charge is -1.46. The fraction of sp³-hybridized carbons (Fsp3) is 0. The summed E-state index contributed by atoms with van der Waals surface area (Å²) in [5, 5.41) is 11.3. The van der Waals surface area contributed by atoms with Crippen molar-refractivity contribution in [2.75, 3.05) is 0 Å². The van der Waals surface area contributed by atoms with Gasteiger partial charge in [-0.25, -0.2) is 10.2 Å². The van der Waals surface area contributed by atoms with Crippen LogP contribution in [-0.2, 0) is 4.79 Å². The van der Waals surface area contributed by atoms with Gasteiger partial charge in [-0.05, 0) is 0 Å². The Balaban J connectivity index is 3.64. The van der Waals surface area contributed by atoms with Crippen molar-refractivity contribution in [3.63, 3.8) is 0 Å². The van der Waals surface area contributed by atoms with Crippen molar-refractivity contribution in [3.8, 4) is 0 Å². The zero-order valence-corrected chi connectivity index (χ0v) is 2.80. The molecule has 0 radical (unpaired) electrons. The van der Waals surface area contributed by atoms with Gasteiger partial charge in [-0.2, -0.15) is 0 Å². The lowest BCUT2D eigenvalue weighted by Crippen LogP contribution is -1.44. The topological polar surface area (TPSA) is 65.6 Å². The number of hydrogen-bond donors (Lipinski definition) is 1. The van der Waals surface area contributed by atoms with Crippen LogP contribution in [-0.4, -0.2) is 12.1 Å². The molecule has 0 aromatic rings. The first-order chi connectivity index (χ1) is 2.91. The van der Waals surface area contributed by atoms with Crippen LogP contribution in [0, 0.1) is 5.41 Å². The molecule has 0 spiro atoms. The van der Waals surface area contributed by atoms with Crippen molar-refractivity contribution in [1.82, 2.24) is 0 Å². The van der Waals surface area contributed by atoms with Crippen molar-refractivity contribution >= 4 is 12.1 Å². The quantitative estimate of drug-likeness (QED) is 0.270. The van der Waals surface area contributed by atoms with Gasteiger partial charge in [-0.15, -0.1) is 0 Å².